The van der Waals surface area contributed by atoms with Crippen molar-refractivity contribution in [3.8, 4) is 0 Å². The maximum absolute atomic E-state index is 11.7. The molecule has 0 saturated heterocycles. The summed E-state index contributed by atoms with van der Waals surface area (Å²) in [5.41, 5.74) is 6.25. The number of rotatable bonds is 4. The smallest absolute Gasteiger partial charge is 0.129 e. The van der Waals surface area contributed by atoms with Gasteiger partial charge in [0, 0.05) is 24.5 Å². The fraction of sp³-hybridized carbons (Fsp3) is 0.958. The van der Waals surface area contributed by atoms with Gasteiger partial charge < -0.3 is 25.9 Å². The quantitative estimate of drug-likeness (QED) is 0.411. The van der Waals surface area contributed by atoms with Crippen LogP contribution in [-0.2, 0) is 4.84 Å². The maximum atomic E-state index is 11.7. The van der Waals surface area contributed by atoms with Crippen LogP contribution in [0.5, 0.6) is 0 Å². The number of nitrogens with two attached hydrogens (primary N) is 1. The molecule has 4 saturated carbocycles. The van der Waals surface area contributed by atoms with Gasteiger partial charge in [0.1, 0.15) is 6.61 Å². The third-order valence-corrected chi connectivity index (χ3v) is 10.1. The van der Waals surface area contributed by atoms with E-state index in [0.717, 1.165) is 44.2 Å². The molecule has 0 spiro atoms. The van der Waals surface area contributed by atoms with Crippen molar-refractivity contribution in [2.75, 3.05) is 19.8 Å². The van der Waals surface area contributed by atoms with Gasteiger partial charge in [-0.2, -0.15) is 0 Å². The Morgan fingerprint density at radius 3 is 2.40 bits per heavy atom. The molecule has 172 valence electrons. The van der Waals surface area contributed by atoms with Crippen LogP contribution >= 0.6 is 0 Å². The summed E-state index contributed by atoms with van der Waals surface area (Å²) in [4.78, 5) is 5.46. The molecule has 1 unspecified atom stereocenters. The maximum Gasteiger partial charge on any atom is 0.129 e. The van der Waals surface area contributed by atoms with Gasteiger partial charge in [-0.05, 0) is 73.0 Å². The molecule has 4 rings (SSSR count). The van der Waals surface area contributed by atoms with Gasteiger partial charge in [0.15, 0.2) is 0 Å². The van der Waals surface area contributed by atoms with Crippen LogP contribution in [0, 0.1) is 45.8 Å². The molecule has 0 aromatic carbocycles. The molecule has 0 bridgehead atoms. The molecule has 4 fully saturated rings. The first-order valence-electron chi connectivity index (χ1n) is 12.0. The number of oxime groups is 1. The predicted molar refractivity (Wildman–Crippen MR) is 117 cm³/mol. The fourth-order valence-electron chi connectivity index (χ4n) is 8.76. The van der Waals surface area contributed by atoms with Crippen LogP contribution in [0.3, 0.4) is 0 Å². The minimum absolute atomic E-state index is 0.0169. The highest BCUT2D eigenvalue weighted by Gasteiger charge is 2.67. The van der Waals surface area contributed by atoms with Crippen molar-refractivity contribution < 1.29 is 20.2 Å². The Morgan fingerprint density at radius 1 is 1.03 bits per heavy atom. The molecule has 6 heteroatoms. The number of hydrogen-bond donors (Lipinski definition) is 4. The second-order valence-electron chi connectivity index (χ2n) is 11.6. The Balaban J connectivity index is 1.73. The Bertz CT molecular complexity index is 682. The van der Waals surface area contributed by atoms with Gasteiger partial charge in [0.05, 0.1) is 17.9 Å². The van der Waals surface area contributed by atoms with E-state index in [1.54, 1.807) is 0 Å². The molecule has 9 atom stereocenters. The third kappa shape index (κ3) is 3.01. The standard InChI is InChI=1S/C24H42N2O4/c1-22(2)17(26-30-12-11-25)8-10-24(4)16-7-9-23(3)15(5-6-18(23)28)19(16)20(29)14(13-27)21(22)24/h14-16,18-21,27-29H,5-13,25H2,1-4H3/b26-17+/t14-,15-,16-,18-,19-,20+,21?,23-,24+/m0/s1. The monoisotopic (exact) mass is 422 g/mol. The number of fused-ring (bicyclic) bond motifs is 5. The lowest BCUT2D eigenvalue weighted by Gasteiger charge is -2.67. The Hall–Kier alpha value is -0.690. The summed E-state index contributed by atoms with van der Waals surface area (Å²) in [6.07, 6.45) is 4.96. The van der Waals surface area contributed by atoms with Gasteiger partial charge in [-0.3, -0.25) is 0 Å². The van der Waals surface area contributed by atoms with Crippen LogP contribution in [0.2, 0.25) is 0 Å². The van der Waals surface area contributed by atoms with Crippen molar-refractivity contribution in [2.24, 2.45) is 56.7 Å². The van der Waals surface area contributed by atoms with Gasteiger partial charge in [-0.25, -0.2) is 0 Å². The van der Waals surface area contributed by atoms with Gasteiger partial charge in [0.25, 0.3) is 0 Å². The molecule has 4 aliphatic rings. The van der Waals surface area contributed by atoms with Crippen LogP contribution in [-0.4, -0.2) is 53.0 Å². The van der Waals surface area contributed by atoms with E-state index in [2.05, 4.69) is 32.9 Å². The first-order valence-corrected chi connectivity index (χ1v) is 12.0. The largest absolute Gasteiger partial charge is 0.396 e. The van der Waals surface area contributed by atoms with Crippen LogP contribution in [0.4, 0.5) is 0 Å². The van der Waals surface area contributed by atoms with Crippen molar-refractivity contribution in [3.05, 3.63) is 0 Å². The number of aliphatic hydroxyl groups excluding tert-OH is 3. The Kier molecular flexibility index (Phi) is 5.79. The first kappa shape index (κ1) is 22.5. The molecule has 4 aliphatic carbocycles. The summed E-state index contributed by atoms with van der Waals surface area (Å²) < 4.78 is 0. The summed E-state index contributed by atoms with van der Waals surface area (Å²) in [7, 11) is 0. The number of hydrogen-bond acceptors (Lipinski definition) is 6. The van der Waals surface area contributed by atoms with E-state index in [-0.39, 0.29) is 46.7 Å². The Labute approximate surface area is 181 Å². The van der Waals surface area contributed by atoms with Crippen LogP contribution < -0.4 is 5.73 Å². The van der Waals surface area contributed by atoms with Crippen LogP contribution in [0.15, 0.2) is 5.16 Å². The average molecular weight is 423 g/mol. The van der Waals surface area contributed by atoms with Gasteiger partial charge >= 0.3 is 0 Å². The third-order valence-electron chi connectivity index (χ3n) is 10.1. The average Bonchev–Trinajstić information content (AvgIpc) is 3.00. The lowest BCUT2D eigenvalue weighted by Crippen LogP contribution is -2.66. The molecule has 0 amide bonds. The Morgan fingerprint density at radius 2 is 1.73 bits per heavy atom. The van der Waals surface area contributed by atoms with Crippen molar-refractivity contribution in [2.45, 2.75) is 78.4 Å². The van der Waals surface area contributed by atoms with Crippen LogP contribution in [0.1, 0.15) is 66.2 Å². The molecule has 0 aliphatic heterocycles. The minimum atomic E-state index is -0.545. The van der Waals surface area contributed by atoms with Crippen LogP contribution in [0.25, 0.3) is 0 Å². The van der Waals surface area contributed by atoms with Crippen molar-refractivity contribution in [1.82, 2.24) is 0 Å². The first-order chi connectivity index (χ1) is 14.1. The van der Waals surface area contributed by atoms with E-state index in [0.29, 0.717) is 25.0 Å². The van der Waals surface area contributed by atoms with E-state index >= 15 is 0 Å². The zero-order chi connectivity index (χ0) is 21.9. The van der Waals surface area contributed by atoms with E-state index in [4.69, 9.17) is 10.6 Å². The molecule has 0 aromatic rings. The molecule has 0 radical (unpaired) electrons. The van der Waals surface area contributed by atoms with Gasteiger partial charge in [-0.1, -0.05) is 32.9 Å². The molecule has 0 aromatic heterocycles. The summed E-state index contributed by atoms with van der Waals surface area (Å²) in [5.74, 6) is 0.845. The zero-order valence-corrected chi connectivity index (χ0v) is 19.2. The second kappa shape index (κ2) is 7.72. The SMILES string of the molecule is CC1(C)/C(=N/OCCN)CC[C@@]2(C)C1[C@@H](CO)[C@@H](O)[C@H]1[C@@H]3CC[C@H](O)[C@@]3(C)CC[C@@H]12. The molecular weight excluding hydrogens is 380 g/mol. The number of aliphatic hydroxyl groups is 3. The molecule has 30 heavy (non-hydrogen) atoms. The fourth-order valence-corrected chi connectivity index (χ4v) is 8.76. The summed E-state index contributed by atoms with van der Waals surface area (Å²) in [6, 6.07) is 0. The lowest BCUT2D eigenvalue weighted by atomic mass is 9.38. The van der Waals surface area contributed by atoms with E-state index < -0.39 is 6.10 Å². The molecular formula is C24H42N2O4. The van der Waals surface area contributed by atoms with Crippen molar-refractivity contribution >= 4 is 5.71 Å². The molecule has 0 heterocycles. The highest BCUT2D eigenvalue weighted by atomic mass is 16.6. The number of nitrogens with zero attached hydrogens (tertiary/aromatic N) is 1. The molecule has 5 N–H and O–H groups in total. The predicted octanol–water partition coefficient (Wildman–Crippen LogP) is 2.55. The topological polar surface area (TPSA) is 108 Å². The highest BCUT2D eigenvalue weighted by Crippen LogP contribution is 2.69. The minimum Gasteiger partial charge on any atom is -0.396 e. The van der Waals surface area contributed by atoms with Crippen molar-refractivity contribution in [3.63, 3.8) is 0 Å². The highest BCUT2D eigenvalue weighted by molar-refractivity contribution is 5.90. The summed E-state index contributed by atoms with van der Waals surface area (Å²) in [6.45, 7) is 9.87. The van der Waals surface area contributed by atoms with E-state index in [1.165, 1.54) is 0 Å². The summed E-state index contributed by atoms with van der Waals surface area (Å²) >= 11 is 0. The van der Waals surface area contributed by atoms with Crippen molar-refractivity contribution in [1.29, 1.82) is 0 Å². The zero-order valence-electron chi connectivity index (χ0n) is 19.2. The molecule has 6 nitrogen and oxygen atoms in total. The van der Waals surface area contributed by atoms with Gasteiger partial charge in [0.2, 0.25) is 0 Å². The summed E-state index contributed by atoms with van der Waals surface area (Å²) in [5, 5.41) is 37.4. The lowest BCUT2D eigenvalue weighted by molar-refractivity contribution is -0.213. The second-order valence-corrected chi connectivity index (χ2v) is 11.6. The normalized spacial score (nSPS) is 51.2. The van der Waals surface area contributed by atoms with Gasteiger partial charge in [-0.15, -0.1) is 0 Å². The van der Waals surface area contributed by atoms with E-state index in [1.807, 2.05) is 0 Å². The van der Waals surface area contributed by atoms with E-state index in [9.17, 15) is 15.3 Å².